The average molecular weight is 387 g/mol. The zero-order valence-electron chi connectivity index (χ0n) is 14.5. The molecule has 2 fully saturated rings. The van der Waals surface area contributed by atoms with Gasteiger partial charge in [-0.05, 0) is 43.9 Å². The van der Waals surface area contributed by atoms with Crippen molar-refractivity contribution in [3.63, 3.8) is 0 Å². The van der Waals surface area contributed by atoms with E-state index < -0.39 is 20.0 Å². The average Bonchev–Trinajstić information content (AvgIpc) is 3.40. The summed E-state index contributed by atoms with van der Waals surface area (Å²) in [6.45, 7) is 2.23. The van der Waals surface area contributed by atoms with Crippen molar-refractivity contribution in [2.45, 2.75) is 73.7 Å². The van der Waals surface area contributed by atoms with Crippen LogP contribution in [0.25, 0.3) is 0 Å². The maximum absolute atomic E-state index is 13.1. The van der Waals surface area contributed by atoms with Gasteiger partial charge in [-0.25, -0.2) is 21.6 Å². The summed E-state index contributed by atoms with van der Waals surface area (Å²) in [5.41, 5.74) is 0. The molecule has 0 heterocycles. The lowest BCUT2D eigenvalue weighted by molar-refractivity contribution is 0.261. The Morgan fingerprint density at radius 3 is 2.24 bits per heavy atom. The van der Waals surface area contributed by atoms with Gasteiger partial charge in [0.15, 0.2) is 0 Å². The minimum absolute atomic E-state index is 0.00797. The normalized spacial score (nSPS) is 20.1. The first-order valence-electron chi connectivity index (χ1n) is 8.99. The zero-order valence-corrected chi connectivity index (χ0v) is 16.2. The molecular formula is C17H26N2O4S2. The first-order chi connectivity index (χ1) is 11.8. The molecule has 140 valence electrons. The van der Waals surface area contributed by atoms with E-state index in [9.17, 15) is 16.8 Å². The highest BCUT2D eigenvalue weighted by Crippen LogP contribution is 2.29. The quantitative estimate of drug-likeness (QED) is 0.780. The summed E-state index contributed by atoms with van der Waals surface area (Å²) in [5.74, 6) is 0. The lowest BCUT2D eigenvalue weighted by Crippen LogP contribution is -2.41. The molecule has 1 aromatic carbocycles. The predicted octanol–water partition coefficient (Wildman–Crippen LogP) is 2.47. The van der Waals surface area contributed by atoms with Crippen LogP contribution in [0.4, 0.5) is 0 Å². The van der Waals surface area contributed by atoms with Crippen LogP contribution in [0, 0.1) is 0 Å². The molecule has 2 saturated carbocycles. The van der Waals surface area contributed by atoms with Crippen molar-refractivity contribution in [3.05, 3.63) is 24.3 Å². The largest absolute Gasteiger partial charge is 0.243 e. The van der Waals surface area contributed by atoms with Crippen LogP contribution < -0.4 is 4.72 Å². The van der Waals surface area contributed by atoms with Gasteiger partial charge >= 0.3 is 0 Å². The molecule has 2 aliphatic rings. The van der Waals surface area contributed by atoms with Crippen LogP contribution >= 0.6 is 0 Å². The van der Waals surface area contributed by atoms with E-state index in [0.717, 1.165) is 44.9 Å². The molecule has 2 aliphatic carbocycles. The summed E-state index contributed by atoms with van der Waals surface area (Å²) < 4.78 is 55.1. The molecule has 0 spiro atoms. The second-order valence-corrected chi connectivity index (χ2v) is 10.5. The third-order valence-corrected chi connectivity index (χ3v) is 8.46. The molecule has 0 bridgehead atoms. The van der Waals surface area contributed by atoms with Gasteiger partial charge in [0, 0.05) is 18.6 Å². The topological polar surface area (TPSA) is 83.6 Å². The summed E-state index contributed by atoms with van der Waals surface area (Å²) in [7, 11) is -7.38. The van der Waals surface area contributed by atoms with Gasteiger partial charge in [-0.15, -0.1) is 0 Å². The molecule has 0 aromatic heterocycles. The van der Waals surface area contributed by atoms with Gasteiger partial charge in [-0.2, -0.15) is 4.31 Å². The molecule has 25 heavy (non-hydrogen) atoms. The van der Waals surface area contributed by atoms with Crippen molar-refractivity contribution in [1.82, 2.24) is 9.03 Å². The SMILES string of the molecule is CCN(C1CCCCC1)S(=O)(=O)c1cccc(S(=O)(=O)NC2CC2)c1. The van der Waals surface area contributed by atoms with Crippen LogP contribution in [0.5, 0.6) is 0 Å². The second kappa shape index (κ2) is 7.34. The Morgan fingerprint density at radius 2 is 1.64 bits per heavy atom. The number of nitrogens with one attached hydrogen (secondary N) is 1. The van der Waals surface area contributed by atoms with Gasteiger partial charge in [-0.1, -0.05) is 32.3 Å². The molecule has 8 heteroatoms. The Labute approximate surface area is 150 Å². The van der Waals surface area contributed by atoms with Crippen LogP contribution in [0.2, 0.25) is 0 Å². The van der Waals surface area contributed by atoms with Gasteiger partial charge < -0.3 is 0 Å². The highest BCUT2D eigenvalue weighted by atomic mass is 32.2. The van der Waals surface area contributed by atoms with Crippen molar-refractivity contribution in [2.24, 2.45) is 0 Å². The lowest BCUT2D eigenvalue weighted by atomic mass is 9.95. The van der Waals surface area contributed by atoms with Crippen molar-refractivity contribution in [1.29, 1.82) is 0 Å². The van der Waals surface area contributed by atoms with E-state index in [2.05, 4.69) is 4.72 Å². The van der Waals surface area contributed by atoms with Crippen molar-refractivity contribution in [3.8, 4) is 0 Å². The Kier molecular flexibility index (Phi) is 5.53. The Morgan fingerprint density at radius 1 is 1.00 bits per heavy atom. The first kappa shape index (κ1) is 18.8. The summed E-state index contributed by atoms with van der Waals surface area (Å²) in [5, 5.41) is 0. The van der Waals surface area contributed by atoms with Crippen molar-refractivity contribution in [2.75, 3.05) is 6.54 Å². The van der Waals surface area contributed by atoms with E-state index in [1.165, 1.54) is 28.6 Å². The van der Waals surface area contributed by atoms with Gasteiger partial charge in [0.25, 0.3) is 0 Å². The summed E-state index contributed by atoms with van der Waals surface area (Å²) in [6.07, 6.45) is 6.63. The van der Waals surface area contributed by atoms with Gasteiger partial charge in [0.2, 0.25) is 20.0 Å². The number of hydrogen-bond acceptors (Lipinski definition) is 4. The van der Waals surface area contributed by atoms with Gasteiger partial charge in [-0.3, -0.25) is 0 Å². The number of benzene rings is 1. The van der Waals surface area contributed by atoms with Crippen LogP contribution in [-0.2, 0) is 20.0 Å². The van der Waals surface area contributed by atoms with Crippen molar-refractivity contribution < 1.29 is 16.8 Å². The summed E-state index contributed by atoms with van der Waals surface area (Å²) in [6, 6.07) is 5.71. The van der Waals surface area contributed by atoms with E-state index in [0.29, 0.717) is 6.54 Å². The smallest absolute Gasteiger partial charge is 0.208 e. The predicted molar refractivity (Wildman–Crippen MR) is 96.2 cm³/mol. The first-order valence-corrected chi connectivity index (χ1v) is 11.9. The number of hydrogen-bond donors (Lipinski definition) is 1. The molecular weight excluding hydrogens is 360 g/mol. The molecule has 1 aromatic rings. The molecule has 0 unspecified atom stereocenters. The van der Waals surface area contributed by atoms with E-state index in [-0.39, 0.29) is 21.9 Å². The fourth-order valence-electron chi connectivity index (χ4n) is 3.42. The fourth-order valence-corrected chi connectivity index (χ4v) is 6.58. The Hall–Kier alpha value is -0.960. The standard InChI is InChI=1S/C17H26N2O4S2/c1-2-19(15-7-4-3-5-8-15)25(22,23)17-10-6-9-16(13-17)24(20,21)18-14-11-12-14/h6,9-10,13-15,18H,2-5,7-8,11-12H2,1H3. The molecule has 1 N–H and O–H groups in total. The molecule has 0 saturated heterocycles. The molecule has 0 amide bonds. The minimum atomic E-state index is -3.71. The van der Waals surface area contributed by atoms with Crippen molar-refractivity contribution >= 4 is 20.0 Å². The molecule has 0 atom stereocenters. The maximum Gasteiger partial charge on any atom is 0.243 e. The van der Waals surface area contributed by atoms with Gasteiger partial charge in [0.05, 0.1) is 9.79 Å². The number of rotatable bonds is 7. The van der Waals surface area contributed by atoms with Crippen LogP contribution in [0.3, 0.4) is 0 Å². The van der Waals surface area contributed by atoms with Crippen LogP contribution in [-0.4, -0.2) is 39.8 Å². The molecule has 3 rings (SSSR count). The van der Waals surface area contributed by atoms with Crippen LogP contribution in [0.15, 0.2) is 34.1 Å². The monoisotopic (exact) mass is 386 g/mol. The highest BCUT2D eigenvalue weighted by Gasteiger charge is 2.33. The van der Waals surface area contributed by atoms with Gasteiger partial charge in [0.1, 0.15) is 0 Å². The molecule has 6 nitrogen and oxygen atoms in total. The zero-order chi connectivity index (χ0) is 18.1. The van der Waals surface area contributed by atoms with E-state index >= 15 is 0 Å². The van der Waals surface area contributed by atoms with Crippen LogP contribution in [0.1, 0.15) is 51.9 Å². The third-order valence-electron chi connectivity index (χ3n) is 4.92. The Balaban J connectivity index is 1.89. The summed E-state index contributed by atoms with van der Waals surface area (Å²) in [4.78, 5) is 0.0683. The molecule has 0 radical (unpaired) electrons. The third kappa shape index (κ3) is 4.24. The lowest BCUT2D eigenvalue weighted by Gasteiger charge is -2.32. The van der Waals surface area contributed by atoms with E-state index in [1.54, 1.807) is 0 Å². The molecule has 0 aliphatic heterocycles. The fraction of sp³-hybridized carbons (Fsp3) is 0.647. The number of nitrogens with zero attached hydrogens (tertiary/aromatic N) is 1. The maximum atomic E-state index is 13.1. The Bertz CT molecular complexity index is 811. The number of sulfonamides is 2. The van der Waals surface area contributed by atoms with E-state index in [4.69, 9.17) is 0 Å². The summed E-state index contributed by atoms with van der Waals surface area (Å²) >= 11 is 0. The van der Waals surface area contributed by atoms with E-state index in [1.807, 2.05) is 6.92 Å². The highest BCUT2D eigenvalue weighted by molar-refractivity contribution is 7.90. The second-order valence-electron chi connectivity index (χ2n) is 6.87. The minimum Gasteiger partial charge on any atom is -0.208 e.